The Morgan fingerprint density at radius 3 is 2.77 bits per heavy atom. The fraction of sp³-hybridized carbons (Fsp3) is 0.333. The van der Waals surface area contributed by atoms with Crippen molar-refractivity contribution >= 4 is 23.4 Å². The average molecular weight is 331 g/mol. The van der Waals surface area contributed by atoms with Crippen molar-refractivity contribution < 1.29 is 0 Å². The molecule has 2 nitrogen and oxygen atoms in total. The average Bonchev–Trinajstić information content (AvgIpc) is 2.64. The zero-order chi connectivity index (χ0) is 15.1. The number of likely N-dealkylation sites (N-methyl/N-ethyl adjacent to an activating group) is 1. The summed E-state index contributed by atoms with van der Waals surface area (Å²) < 4.78 is 0. The van der Waals surface area contributed by atoms with Crippen molar-refractivity contribution in [2.45, 2.75) is 22.7 Å². The number of fused-ring (bicyclic) bond motifs is 2. The van der Waals surface area contributed by atoms with Crippen LogP contribution in [-0.2, 0) is 5.75 Å². The van der Waals surface area contributed by atoms with Gasteiger partial charge in [-0.05, 0) is 41.9 Å². The maximum atomic E-state index is 6.31. The minimum atomic E-state index is 0.324. The highest BCUT2D eigenvalue weighted by molar-refractivity contribution is 7.98. The van der Waals surface area contributed by atoms with E-state index in [-0.39, 0.29) is 0 Å². The van der Waals surface area contributed by atoms with Crippen LogP contribution in [0.1, 0.15) is 22.7 Å². The molecule has 4 heteroatoms. The molecule has 0 aromatic heterocycles. The van der Waals surface area contributed by atoms with Crippen LogP contribution in [-0.4, -0.2) is 31.1 Å². The molecular weight excluding hydrogens is 312 g/mol. The molecule has 2 aliphatic heterocycles. The molecule has 1 saturated heterocycles. The molecule has 0 radical (unpaired) electrons. The van der Waals surface area contributed by atoms with Crippen LogP contribution in [0.25, 0.3) is 0 Å². The van der Waals surface area contributed by atoms with Crippen molar-refractivity contribution in [3.63, 3.8) is 0 Å². The molecule has 1 unspecified atom stereocenters. The molecule has 4 rings (SSSR count). The van der Waals surface area contributed by atoms with Gasteiger partial charge in [0.25, 0.3) is 0 Å². The molecule has 0 amide bonds. The normalized spacial score (nSPS) is 21.6. The van der Waals surface area contributed by atoms with Crippen LogP contribution in [0.5, 0.6) is 0 Å². The molecule has 0 bridgehead atoms. The Balaban J connectivity index is 1.81. The molecule has 2 heterocycles. The minimum Gasteiger partial charge on any atom is -0.315 e. The maximum absolute atomic E-state index is 6.31. The predicted molar refractivity (Wildman–Crippen MR) is 93.7 cm³/mol. The fourth-order valence-electron chi connectivity index (χ4n) is 3.41. The van der Waals surface area contributed by atoms with Crippen LogP contribution in [0.3, 0.4) is 0 Å². The van der Waals surface area contributed by atoms with Gasteiger partial charge in [0, 0.05) is 34.8 Å². The molecule has 1 fully saturated rings. The van der Waals surface area contributed by atoms with Gasteiger partial charge in [0.2, 0.25) is 0 Å². The van der Waals surface area contributed by atoms with Crippen molar-refractivity contribution in [2.24, 2.45) is 0 Å². The molecule has 2 aliphatic rings. The Kier molecular flexibility index (Phi) is 3.91. The van der Waals surface area contributed by atoms with Crippen molar-refractivity contribution in [3.8, 4) is 0 Å². The molecular formula is C18H19ClN2S. The van der Waals surface area contributed by atoms with Gasteiger partial charge in [0.05, 0.1) is 6.04 Å². The summed E-state index contributed by atoms with van der Waals surface area (Å²) >= 11 is 8.24. The number of hydrogen-bond donors (Lipinski definition) is 1. The molecule has 22 heavy (non-hydrogen) atoms. The number of benzene rings is 2. The lowest BCUT2D eigenvalue weighted by Gasteiger charge is -2.45. The first-order valence-electron chi connectivity index (χ1n) is 7.67. The Bertz CT molecular complexity index is 697. The maximum Gasteiger partial charge on any atom is 0.0617 e. The van der Waals surface area contributed by atoms with Crippen LogP contribution in [0, 0.1) is 0 Å². The van der Waals surface area contributed by atoms with Crippen molar-refractivity contribution in [2.75, 3.05) is 20.1 Å². The van der Waals surface area contributed by atoms with Crippen LogP contribution >= 0.6 is 23.4 Å². The molecule has 0 saturated carbocycles. The van der Waals surface area contributed by atoms with Crippen molar-refractivity contribution in [3.05, 3.63) is 64.2 Å². The first-order chi connectivity index (χ1) is 10.8. The second kappa shape index (κ2) is 5.89. The van der Waals surface area contributed by atoms with Crippen molar-refractivity contribution in [1.82, 2.24) is 10.2 Å². The standard InChI is InChI=1S/C18H19ClN2S/c1-20-14-9-21(10-14)18-15-4-2-3-5-17(15)22-11-12-6-7-13(19)8-16(12)18/h2-8,14,18,20H,9-11H2,1H3. The van der Waals surface area contributed by atoms with Crippen molar-refractivity contribution in [1.29, 1.82) is 0 Å². The first kappa shape index (κ1) is 14.6. The highest BCUT2D eigenvalue weighted by Gasteiger charge is 2.36. The number of hydrogen-bond acceptors (Lipinski definition) is 3. The van der Waals surface area contributed by atoms with Gasteiger partial charge in [-0.1, -0.05) is 35.9 Å². The van der Waals surface area contributed by atoms with Gasteiger partial charge in [-0.15, -0.1) is 11.8 Å². The van der Waals surface area contributed by atoms with E-state index in [1.807, 2.05) is 24.9 Å². The van der Waals surface area contributed by atoms with Gasteiger partial charge < -0.3 is 5.32 Å². The summed E-state index contributed by atoms with van der Waals surface area (Å²) in [7, 11) is 2.05. The summed E-state index contributed by atoms with van der Waals surface area (Å²) in [5.74, 6) is 1.02. The fourth-order valence-corrected chi connectivity index (χ4v) is 4.69. The summed E-state index contributed by atoms with van der Waals surface area (Å²) in [6.45, 7) is 2.18. The monoisotopic (exact) mass is 330 g/mol. The van der Waals surface area contributed by atoms with E-state index in [2.05, 4.69) is 46.6 Å². The molecule has 1 atom stereocenters. The molecule has 1 N–H and O–H groups in total. The molecule has 0 spiro atoms. The van der Waals surface area contributed by atoms with E-state index in [4.69, 9.17) is 11.6 Å². The first-order valence-corrected chi connectivity index (χ1v) is 9.04. The number of nitrogens with one attached hydrogen (secondary N) is 1. The van der Waals surface area contributed by atoms with Crippen LogP contribution < -0.4 is 5.32 Å². The lowest BCUT2D eigenvalue weighted by molar-refractivity contribution is 0.0964. The van der Waals surface area contributed by atoms with E-state index < -0.39 is 0 Å². The molecule has 114 valence electrons. The van der Waals surface area contributed by atoms with E-state index >= 15 is 0 Å². The molecule has 2 aromatic rings. The SMILES string of the molecule is CNC1CN(C2c3cc(Cl)ccc3CSc3ccccc32)C1. The topological polar surface area (TPSA) is 15.3 Å². The van der Waals surface area contributed by atoms with Crippen LogP contribution in [0.15, 0.2) is 47.4 Å². The van der Waals surface area contributed by atoms with Gasteiger partial charge in [-0.3, -0.25) is 4.90 Å². The van der Waals surface area contributed by atoms with E-state index in [1.54, 1.807) is 0 Å². The zero-order valence-corrected chi connectivity index (χ0v) is 14.1. The van der Waals surface area contributed by atoms with Gasteiger partial charge in [-0.25, -0.2) is 0 Å². The predicted octanol–water partition coefficient (Wildman–Crippen LogP) is 3.94. The lowest BCUT2D eigenvalue weighted by Crippen LogP contribution is -2.58. The van der Waals surface area contributed by atoms with E-state index in [0.29, 0.717) is 12.1 Å². The van der Waals surface area contributed by atoms with Crippen LogP contribution in [0.2, 0.25) is 5.02 Å². The minimum absolute atomic E-state index is 0.324. The third kappa shape index (κ3) is 2.46. The molecule has 0 aliphatic carbocycles. The highest BCUT2D eigenvalue weighted by Crippen LogP contribution is 2.44. The Hall–Kier alpha value is -1.00. The Labute approximate surface area is 140 Å². The number of likely N-dealkylation sites (tertiary alicyclic amines) is 1. The second-order valence-electron chi connectivity index (χ2n) is 6.01. The summed E-state index contributed by atoms with van der Waals surface area (Å²) in [6.07, 6.45) is 0. The third-order valence-corrected chi connectivity index (χ3v) is 6.06. The largest absolute Gasteiger partial charge is 0.315 e. The lowest BCUT2D eigenvalue weighted by atomic mass is 9.90. The Morgan fingerprint density at radius 1 is 1.14 bits per heavy atom. The quantitative estimate of drug-likeness (QED) is 0.898. The number of halogens is 1. The number of thioether (sulfide) groups is 1. The van der Waals surface area contributed by atoms with E-state index in [0.717, 1.165) is 23.9 Å². The second-order valence-corrected chi connectivity index (χ2v) is 7.47. The van der Waals surface area contributed by atoms with Gasteiger partial charge in [0.15, 0.2) is 0 Å². The summed E-state index contributed by atoms with van der Waals surface area (Å²) in [5, 5.41) is 4.20. The Morgan fingerprint density at radius 2 is 1.95 bits per heavy atom. The van der Waals surface area contributed by atoms with E-state index in [1.165, 1.54) is 21.6 Å². The van der Waals surface area contributed by atoms with E-state index in [9.17, 15) is 0 Å². The zero-order valence-electron chi connectivity index (χ0n) is 12.6. The number of nitrogens with zero attached hydrogens (tertiary/aromatic N) is 1. The third-order valence-electron chi connectivity index (χ3n) is 4.68. The smallest absolute Gasteiger partial charge is 0.0617 e. The summed E-state index contributed by atoms with van der Waals surface area (Å²) in [6, 6.07) is 16.1. The van der Waals surface area contributed by atoms with Crippen LogP contribution in [0.4, 0.5) is 0 Å². The molecule has 2 aromatic carbocycles. The van der Waals surface area contributed by atoms with Gasteiger partial charge >= 0.3 is 0 Å². The number of rotatable bonds is 2. The summed E-state index contributed by atoms with van der Waals surface area (Å²) in [5.41, 5.74) is 4.20. The van der Waals surface area contributed by atoms with Gasteiger partial charge in [-0.2, -0.15) is 0 Å². The highest BCUT2D eigenvalue weighted by atomic mass is 35.5. The van der Waals surface area contributed by atoms with Gasteiger partial charge in [0.1, 0.15) is 0 Å². The summed E-state index contributed by atoms with van der Waals surface area (Å²) in [4.78, 5) is 3.95.